The van der Waals surface area contributed by atoms with Crippen molar-refractivity contribution in [3.63, 3.8) is 0 Å². The number of amides is 1. The topological polar surface area (TPSA) is 94.2 Å². The van der Waals surface area contributed by atoms with Gasteiger partial charge in [-0.25, -0.2) is 8.42 Å². The molecule has 1 amide bonds. The van der Waals surface area contributed by atoms with Gasteiger partial charge in [-0.15, -0.1) is 0 Å². The number of morpholine rings is 1. The lowest BCUT2D eigenvalue weighted by Gasteiger charge is -2.26. The van der Waals surface area contributed by atoms with Crippen molar-refractivity contribution in [3.05, 3.63) is 23.8 Å². The van der Waals surface area contributed by atoms with Crippen LogP contribution in [0.15, 0.2) is 23.1 Å². The molecule has 1 aromatic carbocycles. The Balaban J connectivity index is 2.30. The molecule has 1 fully saturated rings. The average molecular weight is 358 g/mol. The molecule has 1 saturated heterocycles. The van der Waals surface area contributed by atoms with Crippen LogP contribution in [0.5, 0.6) is 5.75 Å². The van der Waals surface area contributed by atoms with Gasteiger partial charge in [-0.2, -0.15) is 4.31 Å². The van der Waals surface area contributed by atoms with E-state index < -0.39 is 10.0 Å². The van der Waals surface area contributed by atoms with Gasteiger partial charge in [0.25, 0.3) is 5.91 Å². The first-order chi connectivity index (χ1) is 11.5. The number of benzene rings is 1. The van der Waals surface area contributed by atoms with Gasteiger partial charge in [0.1, 0.15) is 10.6 Å². The minimum Gasteiger partial charge on any atom is -0.495 e. The summed E-state index contributed by atoms with van der Waals surface area (Å²) in [5, 5.41) is 2.66. The zero-order valence-electron chi connectivity index (χ0n) is 13.8. The van der Waals surface area contributed by atoms with Crippen molar-refractivity contribution >= 4 is 15.9 Å². The number of hydrogen-bond donors (Lipinski definition) is 1. The smallest absolute Gasteiger partial charge is 0.251 e. The third kappa shape index (κ3) is 4.23. The molecule has 0 unspecified atom stereocenters. The summed E-state index contributed by atoms with van der Waals surface area (Å²) in [6.07, 6.45) is 0. The van der Waals surface area contributed by atoms with Gasteiger partial charge >= 0.3 is 0 Å². The Morgan fingerprint density at radius 3 is 2.62 bits per heavy atom. The van der Waals surface area contributed by atoms with Crippen LogP contribution in [0.4, 0.5) is 0 Å². The fraction of sp³-hybridized carbons (Fsp3) is 0.533. The quantitative estimate of drug-likeness (QED) is 0.695. The molecule has 1 aliphatic heterocycles. The highest BCUT2D eigenvalue weighted by Gasteiger charge is 2.30. The van der Waals surface area contributed by atoms with Crippen LogP contribution >= 0.6 is 0 Å². The fourth-order valence-electron chi connectivity index (χ4n) is 2.31. The van der Waals surface area contributed by atoms with E-state index in [0.29, 0.717) is 26.4 Å². The van der Waals surface area contributed by atoms with Gasteiger partial charge in [-0.1, -0.05) is 0 Å². The van der Waals surface area contributed by atoms with E-state index in [0.717, 1.165) is 0 Å². The Kier molecular flexibility index (Phi) is 6.55. The average Bonchev–Trinajstić information content (AvgIpc) is 2.62. The minimum absolute atomic E-state index is 0.0220. The number of hydrogen-bond acceptors (Lipinski definition) is 6. The van der Waals surface area contributed by atoms with E-state index >= 15 is 0 Å². The number of nitrogens with one attached hydrogen (secondary N) is 1. The van der Waals surface area contributed by atoms with Gasteiger partial charge in [-0.3, -0.25) is 4.79 Å². The first-order valence-electron chi connectivity index (χ1n) is 7.53. The van der Waals surface area contributed by atoms with Crippen molar-refractivity contribution in [2.45, 2.75) is 4.90 Å². The molecule has 0 aromatic heterocycles. The van der Waals surface area contributed by atoms with Gasteiger partial charge < -0.3 is 19.5 Å². The van der Waals surface area contributed by atoms with Crippen LogP contribution in [0.3, 0.4) is 0 Å². The van der Waals surface area contributed by atoms with E-state index in [9.17, 15) is 13.2 Å². The fourth-order valence-corrected chi connectivity index (χ4v) is 3.90. The Morgan fingerprint density at radius 1 is 1.29 bits per heavy atom. The lowest BCUT2D eigenvalue weighted by atomic mass is 10.2. The molecule has 1 aliphatic rings. The second-order valence-electron chi connectivity index (χ2n) is 5.13. The molecule has 0 atom stereocenters. The third-order valence-corrected chi connectivity index (χ3v) is 5.53. The van der Waals surface area contributed by atoms with Crippen LogP contribution in [-0.4, -0.2) is 72.3 Å². The molecule has 1 aromatic rings. The Bertz CT molecular complexity index is 671. The first-order valence-corrected chi connectivity index (χ1v) is 8.97. The summed E-state index contributed by atoms with van der Waals surface area (Å²) in [5.74, 6) is -0.164. The van der Waals surface area contributed by atoms with E-state index in [2.05, 4.69) is 5.32 Å². The molecule has 0 radical (unpaired) electrons. The highest BCUT2D eigenvalue weighted by Crippen LogP contribution is 2.28. The van der Waals surface area contributed by atoms with Gasteiger partial charge in [0.15, 0.2) is 0 Å². The van der Waals surface area contributed by atoms with Crippen molar-refractivity contribution in [2.24, 2.45) is 0 Å². The number of carbonyl (C=O) groups is 1. The summed E-state index contributed by atoms with van der Waals surface area (Å²) >= 11 is 0. The van der Waals surface area contributed by atoms with Gasteiger partial charge in [0.05, 0.1) is 26.9 Å². The summed E-state index contributed by atoms with van der Waals surface area (Å²) in [5.41, 5.74) is 0.249. The van der Waals surface area contributed by atoms with E-state index in [1.807, 2.05) is 0 Å². The maximum Gasteiger partial charge on any atom is 0.251 e. The molecule has 0 bridgehead atoms. The van der Waals surface area contributed by atoms with E-state index in [-0.39, 0.29) is 35.2 Å². The van der Waals surface area contributed by atoms with Crippen molar-refractivity contribution < 1.29 is 27.4 Å². The van der Waals surface area contributed by atoms with Crippen LogP contribution < -0.4 is 10.1 Å². The summed E-state index contributed by atoms with van der Waals surface area (Å²) in [7, 11) is -0.833. The number of methoxy groups -OCH3 is 2. The number of nitrogens with zero attached hydrogens (tertiary/aromatic N) is 1. The molecule has 8 nitrogen and oxygen atoms in total. The largest absolute Gasteiger partial charge is 0.495 e. The minimum atomic E-state index is -3.76. The SMILES string of the molecule is COCCNC(=O)c1ccc(OC)c(S(=O)(=O)N2CCOCC2)c1. The molecule has 9 heteroatoms. The monoisotopic (exact) mass is 358 g/mol. The molecular weight excluding hydrogens is 336 g/mol. The summed E-state index contributed by atoms with van der Waals surface area (Å²) in [6.45, 7) is 1.96. The molecule has 0 spiro atoms. The Labute approximate surface area is 141 Å². The van der Waals surface area contributed by atoms with E-state index in [1.165, 1.54) is 36.7 Å². The van der Waals surface area contributed by atoms with Crippen molar-refractivity contribution in [2.75, 3.05) is 53.7 Å². The van der Waals surface area contributed by atoms with Gasteiger partial charge in [0.2, 0.25) is 10.0 Å². The van der Waals surface area contributed by atoms with Crippen LogP contribution in [0.25, 0.3) is 0 Å². The summed E-state index contributed by atoms with van der Waals surface area (Å²) in [4.78, 5) is 12.1. The maximum absolute atomic E-state index is 12.8. The molecule has 0 saturated carbocycles. The van der Waals surface area contributed by atoms with Crippen LogP contribution in [0.1, 0.15) is 10.4 Å². The van der Waals surface area contributed by atoms with Crippen LogP contribution in [-0.2, 0) is 19.5 Å². The molecule has 1 heterocycles. The lowest BCUT2D eigenvalue weighted by Crippen LogP contribution is -2.40. The third-order valence-electron chi connectivity index (χ3n) is 3.61. The Morgan fingerprint density at radius 2 is 2.00 bits per heavy atom. The molecule has 0 aliphatic carbocycles. The molecule has 24 heavy (non-hydrogen) atoms. The number of sulfonamides is 1. The standard InChI is InChI=1S/C15H22N2O6S/c1-21-8-5-16-15(18)12-3-4-13(22-2)14(11-12)24(19,20)17-6-9-23-10-7-17/h3-4,11H,5-10H2,1-2H3,(H,16,18). The number of ether oxygens (including phenoxy) is 3. The Hall–Kier alpha value is -1.68. The maximum atomic E-state index is 12.8. The second kappa shape index (κ2) is 8.43. The highest BCUT2D eigenvalue weighted by atomic mass is 32.2. The second-order valence-corrected chi connectivity index (χ2v) is 7.04. The predicted molar refractivity (Wildman–Crippen MR) is 86.8 cm³/mol. The van der Waals surface area contributed by atoms with E-state index in [4.69, 9.17) is 14.2 Å². The van der Waals surface area contributed by atoms with Gasteiger partial charge in [0, 0.05) is 32.3 Å². The highest BCUT2D eigenvalue weighted by molar-refractivity contribution is 7.89. The van der Waals surface area contributed by atoms with Crippen molar-refractivity contribution in [1.82, 2.24) is 9.62 Å². The lowest BCUT2D eigenvalue weighted by molar-refractivity contribution is 0.0729. The van der Waals surface area contributed by atoms with Crippen molar-refractivity contribution in [3.8, 4) is 5.75 Å². The summed E-state index contributed by atoms with van der Waals surface area (Å²) in [6, 6.07) is 4.35. The van der Waals surface area contributed by atoms with Crippen molar-refractivity contribution in [1.29, 1.82) is 0 Å². The molecule has 134 valence electrons. The van der Waals surface area contributed by atoms with Crippen LogP contribution in [0.2, 0.25) is 0 Å². The first kappa shape index (κ1) is 18.7. The number of carbonyl (C=O) groups excluding carboxylic acids is 1. The molecule has 2 rings (SSSR count). The molecule has 1 N–H and O–H groups in total. The normalized spacial score (nSPS) is 15.9. The predicted octanol–water partition coefficient (Wildman–Crippen LogP) is 0.0923. The van der Waals surface area contributed by atoms with Gasteiger partial charge in [-0.05, 0) is 18.2 Å². The van der Waals surface area contributed by atoms with Crippen LogP contribution in [0, 0.1) is 0 Å². The zero-order chi connectivity index (χ0) is 17.6. The molecular formula is C15H22N2O6S. The number of rotatable bonds is 7. The van der Waals surface area contributed by atoms with E-state index in [1.54, 1.807) is 0 Å². The zero-order valence-corrected chi connectivity index (χ0v) is 14.6. The summed E-state index contributed by atoms with van der Waals surface area (Å²) < 4.78 is 42.2.